The van der Waals surface area contributed by atoms with Gasteiger partial charge >= 0.3 is 0 Å². The molecule has 0 saturated carbocycles. The molecule has 4 aromatic rings. The lowest BCUT2D eigenvalue weighted by molar-refractivity contribution is 0.101. The molecule has 1 heterocycles. The topological polar surface area (TPSA) is 46.9 Å². The molecule has 4 rings (SSSR count). The van der Waals surface area contributed by atoms with E-state index in [1.165, 1.54) is 0 Å². The van der Waals surface area contributed by atoms with Gasteiger partial charge in [0.05, 0.1) is 11.4 Å². The number of aromatic nitrogens is 2. The Bertz CT molecular complexity index is 1060. The molecule has 27 heavy (non-hydrogen) atoms. The molecule has 4 nitrogen and oxygen atoms in total. The van der Waals surface area contributed by atoms with Gasteiger partial charge in [0, 0.05) is 16.3 Å². The molecular weight excluding hydrogens is 358 g/mol. The number of hydrogen-bond donors (Lipinski definition) is 1. The van der Waals surface area contributed by atoms with Crippen molar-refractivity contribution in [2.45, 2.75) is 0 Å². The Kier molecular flexibility index (Phi) is 4.73. The van der Waals surface area contributed by atoms with Gasteiger partial charge in [0.15, 0.2) is 0 Å². The molecule has 0 aliphatic heterocycles. The molecule has 0 bridgehead atoms. The van der Waals surface area contributed by atoms with E-state index in [4.69, 9.17) is 11.6 Å². The van der Waals surface area contributed by atoms with E-state index in [-0.39, 0.29) is 5.91 Å². The van der Waals surface area contributed by atoms with Crippen LogP contribution in [0.1, 0.15) is 10.5 Å². The lowest BCUT2D eigenvalue weighted by Crippen LogP contribution is -2.16. The van der Waals surface area contributed by atoms with E-state index in [1.807, 2.05) is 60.7 Å². The zero-order valence-electron chi connectivity index (χ0n) is 14.3. The molecule has 0 aliphatic rings. The van der Waals surface area contributed by atoms with Gasteiger partial charge in [-0.3, -0.25) is 4.79 Å². The van der Waals surface area contributed by atoms with Gasteiger partial charge in [0.2, 0.25) is 0 Å². The number of para-hydroxylation sites is 1. The van der Waals surface area contributed by atoms with Gasteiger partial charge in [0.25, 0.3) is 5.91 Å². The molecule has 1 N–H and O–H groups in total. The van der Waals surface area contributed by atoms with Crippen LogP contribution in [0.3, 0.4) is 0 Å². The molecule has 5 heteroatoms. The van der Waals surface area contributed by atoms with Crippen molar-refractivity contribution in [3.8, 4) is 16.9 Å². The second-order valence-electron chi connectivity index (χ2n) is 5.99. The highest BCUT2D eigenvalue weighted by atomic mass is 35.5. The minimum Gasteiger partial charge on any atom is -0.321 e. The molecular formula is C22H16ClN3O. The molecule has 0 spiro atoms. The summed E-state index contributed by atoms with van der Waals surface area (Å²) in [5.74, 6) is -0.240. The van der Waals surface area contributed by atoms with Crippen molar-refractivity contribution in [2.75, 3.05) is 5.32 Å². The Morgan fingerprint density at radius 1 is 0.852 bits per heavy atom. The molecule has 0 atom stereocenters. The maximum Gasteiger partial charge on any atom is 0.274 e. The largest absolute Gasteiger partial charge is 0.321 e. The Morgan fingerprint density at radius 3 is 2.15 bits per heavy atom. The quantitative estimate of drug-likeness (QED) is 0.517. The molecule has 3 aromatic carbocycles. The zero-order chi connectivity index (χ0) is 18.6. The molecule has 0 aliphatic carbocycles. The maximum absolute atomic E-state index is 12.9. The normalized spacial score (nSPS) is 10.6. The van der Waals surface area contributed by atoms with Crippen LogP contribution in [-0.2, 0) is 0 Å². The van der Waals surface area contributed by atoms with Crippen LogP contribution in [-0.4, -0.2) is 15.7 Å². The van der Waals surface area contributed by atoms with Crippen molar-refractivity contribution in [2.24, 2.45) is 0 Å². The maximum atomic E-state index is 12.9. The number of halogens is 1. The number of benzene rings is 3. The lowest BCUT2D eigenvalue weighted by Gasteiger charge is -2.08. The molecule has 132 valence electrons. The highest BCUT2D eigenvalue weighted by Gasteiger charge is 2.17. The fraction of sp³-hybridized carbons (Fsp3) is 0. The Labute approximate surface area is 162 Å². The average molecular weight is 374 g/mol. The zero-order valence-corrected chi connectivity index (χ0v) is 15.1. The predicted octanol–water partition coefficient (Wildman–Crippen LogP) is 5.45. The molecule has 1 amide bonds. The molecule has 0 saturated heterocycles. The van der Waals surface area contributed by atoms with Gasteiger partial charge < -0.3 is 5.32 Å². The van der Waals surface area contributed by atoms with Gasteiger partial charge in [-0.05, 0) is 42.5 Å². The van der Waals surface area contributed by atoms with Gasteiger partial charge in [-0.15, -0.1) is 0 Å². The fourth-order valence-electron chi connectivity index (χ4n) is 2.79. The second-order valence-corrected chi connectivity index (χ2v) is 6.43. The Balaban J connectivity index is 1.74. The van der Waals surface area contributed by atoms with E-state index >= 15 is 0 Å². The molecule has 1 aromatic heterocycles. The Morgan fingerprint density at radius 2 is 1.48 bits per heavy atom. The van der Waals surface area contributed by atoms with E-state index in [9.17, 15) is 4.79 Å². The first-order valence-corrected chi connectivity index (χ1v) is 8.86. The van der Waals surface area contributed by atoms with Crippen molar-refractivity contribution in [3.05, 3.63) is 102 Å². The summed E-state index contributed by atoms with van der Waals surface area (Å²) in [6.45, 7) is 0. The van der Waals surface area contributed by atoms with Crippen molar-refractivity contribution < 1.29 is 4.79 Å². The first-order valence-electron chi connectivity index (χ1n) is 8.48. The summed E-state index contributed by atoms with van der Waals surface area (Å²) in [5.41, 5.74) is 3.64. The van der Waals surface area contributed by atoms with Gasteiger partial charge in [-0.25, -0.2) is 4.68 Å². The molecule has 0 unspecified atom stereocenters. The fourth-order valence-corrected chi connectivity index (χ4v) is 2.91. The first kappa shape index (κ1) is 17.1. The van der Waals surface area contributed by atoms with Crippen molar-refractivity contribution in [1.82, 2.24) is 9.78 Å². The third-order valence-corrected chi connectivity index (χ3v) is 4.37. The lowest BCUT2D eigenvalue weighted by atomic mass is 10.1. The SMILES string of the molecule is O=C(Nc1ccc(Cl)cc1)c1cc(-c2ccccc2)nn1-c1ccccc1. The summed E-state index contributed by atoms with van der Waals surface area (Å²) in [6.07, 6.45) is 0. The summed E-state index contributed by atoms with van der Waals surface area (Å²) < 4.78 is 1.66. The summed E-state index contributed by atoms with van der Waals surface area (Å²) >= 11 is 5.91. The average Bonchev–Trinajstić information content (AvgIpc) is 3.17. The number of rotatable bonds is 4. The summed E-state index contributed by atoms with van der Waals surface area (Å²) in [6, 6.07) is 28.2. The molecule has 0 radical (unpaired) electrons. The number of hydrogen-bond acceptors (Lipinski definition) is 2. The van der Waals surface area contributed by atoms with Crippen LogP contribution in [0.4, 0.5) is 5.69 Å². The van der Waals surface area contributed by atoms with Crippen LogP contribution in [0, 0.1) is 0 Å². The van der Waals surface area contributed by atoms with Crippen LogP contribution >= 0.6 is 11.6 Å². The van der Waals surface area contributed by atoms with Crippen molar-refractivity contribution in [1.29, 1.82) is 0 Å². The van der Waals surface area contributed by atoms with E-state index in [1.54, 1.807) is 35.0 Å². The number of carbonyl (C=O) groups is 1. The minimum absolute atomic E-state index is 0.240. The highest BCUT2D eigenvalue weighted by Crippen LogP contribution is 2.23. The summed E-state index contributed by atoms with van der Waals surface area (Å²) in [5, 5.41) is 8.18. The number of nitrogens with one attached hydrogen (secondary N) is 1. The third kappa shape index (κ3) is 3.76. The Hall–Kier alpha value is -3.37. The number of nitrogens with zero attached hydrogens (tertiary/aromatic N) is 2. The number of carbonyl (C=O) groups excluding carboxylic acids is 1. The van der Waals surface area contributed by atoms with Crippen molar-refractivity contribution >= 4 is 23.2 Å². The summed E-state index contributed by atoms with van der Waals surface area (Å²) in [7, 11) is 0. The minimum atomic E-state index is -0.240. The van der Waals surface area contributed by atoms with E-state index in [0.29, 0.717) is 16.4 Å². The second kappa shape index (κ2) is 7.48. The number of anilines is 1. The standard InChI is InChI=1S/C22H16ClN3O/c23-17-11-13-18(14-12-17)24-22(27)21-15-20(16-7-3-1-4-8-16)25-26(21)19-9-5-2-6-10-19/h1-15H,(H,24,27). The van der Waals surface area contributed by atoms with Crippen LogP contribution in [0.5, 0.6) is 0 Å². The summed E-state index contributed by atoms with van der Waals surface area (Å²) in [4.78, 5) is 12.9. The van der Waals surface area contributed by atoms with Crippen LogP contribution in [0.2, 0.25) is 5.02 Å². The molecule has 0 fully saturated rings. The third-order valence-electron chi connectivity index (χ3n) is 4.11. The van der Waals surface area contributed by atoms with Crippen LogP contribution < -0.4 is 5.32 Å². The highest BCUT2D eigenvalue weighted by molar-refractivity contribution is 6.30. The van der Waals surface area contributed by atoms with E-state index in [0.717, 1.165) is 16.9 Å². The predicted molar refractivity (Wildman–Crippen MR) is 108 cm³/mol. The first-order chi connectivity index (χ1) is 13.2. The van der Waals surface area contributed by atoms with Gasteiger partial charge in [0.1, 0.15) is 5.69 Å². The van der Waals surface area contributed by atoms with Crippen LogP contribution in [0.15, 0.2) is 91.0 Å². The number of amides is 1. The smallest absolute Gasteiger partial charge is 0.274 e. The van der Waals surface area contributed by atoms with E-state index < -0.39 is 0 Å². The van der Waals surface area contributed by atoms with Gasteiger partial charge in [-0.1, -0.05) is 60.1 Å². The van der Waals surface area contributed by atoms with Crippen LogP contribution in [0.25, 0.3) is 16.9 Å². The van der Waals surface area contributed by atoms with E-state index in [2.05, 4.69) is 10.4 Å². The monoisotopic (exact) mass is 373 g/mol. The van der Waals surface area contributed by atoms with Gasteiger partial charge in [-0.2, -0.15) is 5.10 Å². The van der Waals surface area contributed by atoms with Crippen molar-refractivity contribution in [3.63, 3.8) is 0 Å².